The van der Waals surface area contributed by atoms with Crippen molar-refractivity contribution in [1.29, 1.82) is 0 Å². The summed E-state index contributed by atoms with van der Waals surface area (Å²) in [6.45, 7) is 3.08. The van der Waals surface area contributed by atoms with E-state index in [1.165, 1.54) is 19.3 Å². The molecule has 4 heterocycles. The second-order valence-electron chi connectivity index (χ2n) is 7.56. The molecular formula is C20H23N7O. The number of phenolic OH excluding ortho intramolecular Hbond substituents is 1. The molecule has 0 radical (unpaired) electrons. The number of hydrogen-bond donors (Lipinski definition) is 3. The molecule has 8 nitrogen and oxygen atoms in total. The van der Waals surface area contributed by atoms with Gasteiger partial charge in [0.2, 0.25) is 5.95 Å². The fourth-order valence-corrected chi connectivity index (χ4v) is 4.29. The van der Waals surface area contributed by atoms with E-state index in [9.17, 15) is 5.11 Å². The fourth-order valence-electron chi connectivity index (χ4n) is 4.29. The van der Waals surface area contributed by atoms with Crippen LogP contribution in [0.4, 0.5) is 5.95 Å². The lowest BCUT2D eigenvalue weighted by molar-refractivity contribution is 0.422. The molecule has 0 spiro atoms. The predicted octanol–water partition coefficient (Wildman–Crippen LogP) is 2.21. The second-order valence-corrected chi connectivity index (χ2v) is 7.56. The van der Waals surface area contributed by atoms with E-state index < -0.39 is 0 Å². The molecule has 2 aliphatic rings. The Kier molecular flexibility index (Phi) is 4.40. The fraction of sp³-hybridized carbons (Fsp3) is 0.400. The van der Waals surface area contributed by atoms with Gasteiger partial charge in [-0.2, -0.15) is 5.10 Å². The van der Waals surface area contributed by atoms with E-state index in [0.29, 0.717) is 29.2 Å². The minimum atomic E-state index is 0.149. The molecule has 144 valence electrons. The Hall–Kier alpha value is -3.00. The Morgan fingerprint density at radius 2 is 2.07 bits per heavy atom. The molecule has 8 heteroatoms. The van der Waals surface area contributed by atoms with Crippen LogP contribution in [0.2, 0.25) is 0 Å². The molecule has 5 rings (SSSR count). The molecule has 0 amide bonds. The molecule has 2 atom stereocenters. The van der Waals surface area contributed by atoms with E-state index in [2.05, 4.69) is 35.6 Å². The number of hydrogen-bond acceptors (Lipinski definition) is 7. The number of aromatic amines is 1. The van der Waals surface area contributed by atoms with E-state index in [0.717, 1.165) is 30.8 Å². The van der Waals surface area contributed by atoms with Crippen molar-refractivity contribution in [3.63, 3.8) is 0 Å². The number of rotatable bonds is 4. The van der Waals surface area contributed by atoms with E-state index in [1.807, 2.05) is 12.1 Å². The van der Waals surface area contributed by atoms with E-state index >= 15 is 0 Å². The van der Waals surface area contributed by atoms with Gasteiger partial charge >= 0.3 is 0 Å². The second kappa shape index (κ2) is 7.20. The number of nitrogens with one attached hydrogen (secondary N) is 2. The molecule has 2 aliphatic heterocycles. The van der Waals surface area contributed by atoms with E-state index in [4.69, 9.17) is 0 Å². The molecular weight excluding hydrogens is 354 g/mol. The first-order valence-electron chi connectivity index (χ1n) is 9.78. The van der Waals surface area contributed by atoms with Gasteiger partial charge in [0.1, 0.15) is 11.4 Å². The van der Waals surface area contributed by atoms with Crippen LogP contribution < -0.4 is 10.2 Å². The van der Waals surface area contributed by atoms with Gasteiger partial charge in [0.25, 0.3) is 0 Å². The topological polar surface area (TPSA) is 103 Å². The first-order chi connectivity index (χ1) is 13.8. The minimum absolute atomic E-state index is 0.149. The van der Waals surface area contributed by atoms with Crippen molar-refractivity contribution in [1.82, 2.24) is 30.7 Å². The van der Waals surface area contributed by atoms with Crippen LogP contribution in [0.3, 0.4) is 0 Å². The van der Waals surface area contributed by atoms with Crippen LogP contribution in [0.5, 0.6) is 5.75 Å². The van der Waals surface area contributed by atoms with Crippen LogP contribution in [0.25, 0.3) is 22.4 Å². The number of phenols is 1. The van der Waals surface area contributed by atoms with Crippen molar-refractivity contribution in [2.24, 2.45) is 5.92 Å². The molecule has 0 saturated carbocycles. The summed E-state index contributed by atoms with van der Waals surface area (Å²) >= 11 is 0. The van der Waals surface area contributed by atoms with Crippen molar-refractivity contribution < 1.29 is 5.11 Å². The Bertz CT molecular complexity index is 936. The highest BCUT2D eigenvalue weighted by Crippen LogP contribution is 2.32. The highest BCUT2D eigenvalue weighted by Gasteiger charge is 2.32. The Morgan fingerprint density at radius 1 is 1.11 bits per heavy atom. The predicted molar refractivity (Wildman–Crippen MR) is 106 cm³/mol. The van der Waals surface area contributed by atoms with Crippen LogP contribution in [0.15, 0.2) is 36.8 Å². The van der Waals surface area contributed by atoms with Crippen molar-refractivity contribution in [2.75, 3.05) is 24.5 Å². The van der Waals surface area contributed by atoms with Gasteiger partial charge in [0.05, 0.1) is 12.4 Å². The van der Waals surface area contributed by atoms with Crippen molar-refractivity contribution in [2.45, 2.75) is 25.3 Å². The van der Waals surface area contributed by atoms with Crippen LogP contribution in [-0.2, 0) is 0 Å². The molecule has 0 aliphatic carbocycles. The molecule has 2 fully saturated rings. The van der Waals surface area contributed by atoms with Crippen LogP contribution in [0.1, 0.15) is 19.3 Å². The van der Waals surface area contributed by atoms with Crippen LogP contribution >= 0.6 is 0 Å². The quantitative estimate of drug-likeness (QED) is 0.640. The van der Waals surface area contributed by atoms with Crippen molar-refractivity contribution >= 4 is 5.95 Å². The van der Waals surface area contributed by atoms with Crippen molar-refractivity contribution in [3.8, 4) is 28.1 Å². The lowest BCUT2D eigenvalue weighted by Crippen LogP contribution is -2.33. The standard InChI is InChI=1S/C20H23N7O/c28-19-8-13(15-9-23-24-10-15)3-4-16(19)18-11-22-20(26-25-18)27-7-5-14(12-27)17-2-1-6-21-17/h3-4,8-11,14,17,21,28H,1-2,5-7,12H2,(H,23,24). The lowest BCUT2D eigenvalue weighted by Gasteiger charge is -2.19. The molecule has 2 aromatic heterocycles. The van der Waals surface area contributed by atoms with Crippen molar-refractivity contribution in [3.05, 3.63) is 36.8 Å². The first kappa shape index (κ1) is 17.1. The highest BCUT2D eigenvalue weighted by atomic mass is 16.3. The molecule has 2 saturated heterocycles. The van der Waals surface area contributed by atoms with Gasteiger partial charge < -0.3 is 15.3 Å². The number of H-pyrrole nitrogens is 1. The first-order valence-corrected chi connectivity index (χ1v) is 9.78. The van der Waals surface area contributed by atoms with Gasteiger partial charge in [0.15, 0.2) is 0 Å². The summed E-state index contributed by atoms with van der Waals surface area (Å²) in [5, 5.41) is 29.4. The Balaban J connectivity index is 1.31. The number of aromatic nitrogens is 5. The third-order valence-electron chi connectivity index (χ3n) is 5.83. The van der Waals surface area contributed by atoms with Gasteiger partial charge in [-0.3, -0.25) is 5.10 Å². The monoisotopic (exact) mass is 377 g/mol. The largest absolute Gasteiger partial charge is 0.507 e. The maximum Gasteiger partial charge on any atom is 0.245 e. The van der Waals surface area contributed by atoms with Gasteiger partial charge in [-0.15, -0.1) is 10.2 Å². The molecule has 3 N–H and O–H groups in total. The normalized spacial score (nSPS) is 22.1. The zero-order chi connectivity index (χ0) is 18.9. The Morgan fingerprint density at radius 3 is 2.79 bits per heavy atom. The third-order valence-corrected chi connectivity index (χ3v) is 5.83. The molecule has 28 heavy (non-hydrogen) atoms. The number of aromatic hydroxyl groups is 1. The van der Waals surface area contributed by atoms with Gasteiger partial charge in [0, 0.05) is 36.5 Å². The molecule has 2 unspecified atom stereocenters. The van der Waals surface area contributed by atoms with Crippen LogP contribution in [0, 0.1) is 5.92 Å². The van der Waals surface area contributed by atoms with E-state index in [1.54, 1.807) is 24.7 Å². The zero-order valence-electron chi connectivity index (χ0n) is 15.5. The summed E-state index contributed by atoms with van der Waals surface area (Å²) in [5.41, 5.74) is 2.99. The SMILES string of the molecule is Oc1cc(-c2cn[nH]c2)ccc1-c1cnc(N2CCC(C3CCCN3)C2)nn1. The Labute approximate surface area is 163 Å². The van der Waals surface area contributed by atoms with Gasteiger partial charge in [-0.1, -0.05) is 6.07 Å². The number of anilines is 1. The summed E-state index contributed by atoms with van der Waals surface area (Å²) in [5.74, 6) is 1.47. The van der Waals surface area contributed by atoms with E-state index in [-0.39, 0.29) is 5.75 Å². The average molecular weight is 377 g/mol. The smallest absolute Gasteiger partial charge is 0.245 e. The maximum atomic E-state index is 10.4. The average Bonchev–Trinajstić information content (AvgIpc) is 3.50. The number of benzene rings is 1. The summed E-state index contributed by atoms with van der Waals surface area (Å²) < 4.78 is 0. The lowest BCUT2D eigenvalue weighted by atomic mass is 9.98. The minimum Gasteiger partial charge on any atom is -0.507 e. The zero-order valence-corrected chi connectivity index (χ0v) is 15.5. The molecule has 3 aromatic rings. The maximum absolute atomic E-state index is 10.4. The van der Waals surface area contributed by atoms with Gasteiger partial charge in [-0.05, 0) is 49.4 Å². The number of nitrogens with zero attached hydrogens (tertiary/aromatic N) is 5. The summed E-state index contributed by atoms with van der Waals surface area (Å²) in [6, 6.07) is 6.09. The summed E-state index contributed by atoms with van der Waals surface area (Å²) in [4.78, 5) is 6.73. The summed E-state index contributed by atoms with van der Waals surface area (Å²) in [6.07, 6.45) is 8.90. The molecule has 1 aromatic carbocycles. The van der Waals surface area contributed by atoms with Gasteiger partial charge in [-0.25, -0.2) is 4.98 Å². The third kappa shape index (κ3) is 3.20. The highest BCUT2D eigenvalue weighted by molar-refractivity contribution is 5.73. The summed E-state index contributed by atoms with van der Waals surface area (Å²) in [7, 11) is 0. The molecule has 0 bridgehead atoms. The van der Waals surface area contributed by atoms with Crippen LogP contribution in [-0.4, -0.2) is 56.2 Å².